The molecule has 0 aromatic heterocycles. The van der Waals surface area contributed by atoms with Crippen LogP contribution in [0.15, 0.2) is 36.4 Å². The minimum Gasteiger partial charge on any atom is -0.506 e. The molecular weight excluding hydrogens is 396 g/mol. The molecule has 0 spiro atoms. The topological polar surface area (TPSA) is 148 Å². The summed E-state index contributed by atoms with van der Waals surface area (Å²) in [5, 5.41) is 30.5. The molecule has 3 rings (SSSR count). The number of urea groups is 1. The number of nitrogens with zero attached hydrogens (tertiary/aromatic N) is 1. The van der Waals surface area contributed by atoms with Gasteiger partial charge in [-0.3, -0.25) is 10.8 Å². The summed E-state index contributed by atoms with van der Waals surface area (Å²) in [5.41, 5.74) is 7.46. The fourth-order valence-electron chi connectivity index (χ4n) is 3.43. The number of carbonyl (C=O) groups excluding carboxylic acids is 1. The van der Waals surface area contributed by atoms with Gasteiger partial charge < -0.3 is 31.1 Å². The van der Waals surface area contributed by atoms with Crippen LogP contribution >= 0.6 is 0 Å². The van der Waals surface area contributed by atoms with Crippen molar-refractivity contribution in [3.8, 4) is 11.5 Å². The fraction of sp³-hybridized carbons (Fsp3) is 0.318. The highest BCUT2D eigenvalue weighted by Gasteiger charge is 2.21. The van der Waals surface area contributed by atoms with Crippen LogP contribution in [0.4, 0.5) is 16.2 Å². The number of benzene rings is 2. The van der Waals surface area contributed by atoms with Crippen LogP contribution in [0.5, 0.6) is 11.5 Å². The zero-order valence-corrected chi connectivity index (χ0v) is 17.7. The number of carbonyl (C=O) groups is 1. The first-order valence-corrected chi connectivity index (χ1v) is 10.1. The molecule has 7 N–H and O–H groups in total. The number of hydrogen-bond donors (Lipinski definition) is 6. The van der Waals surface area contributed by atoms with Gasteiger partial charge in [0.15, 0.2) is 0 Å². The quantitative estimate of drug-likeness (QED) is 0.247. The standard InChI is InChI=1S/C22H28N6O3/c1-13-11-17(31-16-7-9-28(10-8-16)14(2)23)4-5-18(13)26-22(30)27-19-12-15(21(24)25)3-6-20(19)29/h3-6,11-12,16,23,29H,7-10H2,1-2H3,(H3,24,25)(H2,26,27,30). The van der Waals surface area contributed by atoms with Gasteiger partial charge in [0.1, 0.15) is 23.4 Å². The van der Waals surface area contributed by atoms with Gasteiger partial charge in [0.25, 0.3) is 0 Å². The van der Waals surface area contributed by atoms with E-state index >= 15 is 0 Å². The lowest BCUT2D eigenvalue weighted by atomic mass is 10.1. The van der Waals surface area contributed by atoms with Gasteiger partial charge in [0.05, 0.1) is 11.5 Å². The maximum Gasteiger partial charge on any atom is 0.323 e. The number of rotatable bonds is 5. The zero-order chi connectivity index (χ0) is 22.5. The van der Waals surface area contributed by atoms with E-state index in [1.807, 2.05) is 24.0 Å². The molecule has 0 bridgehead atoms. The summed E-state index contributed by atoms with van der Waals surface area (Å²) in [7, 11) is 0. The second kappa shape index (κ2) is 9.38. The SMILES string of the molecule is CC(=N)N1CCC(Oc2ccc(NC(=O)Nc3cc(C(=N)N)ccc3O)c(C)c2)CC1. The third kappa shape index (κ3) is 5.65. The number of ether oxygens (including phenoxy) is 1. The number of nitrogens with one attached hydrogen (secondary N) is 4. The molecule has 2 amide bonds. The largest absolute Gasteiger partial charge is 0.506 e. The average Bonchev–Trinajstić information content (AvgIpc) is 2.72. The van der Waals surface area contributed by atoms with E-state index in [1.165, 1.54) is 18.2 Å². The Morgan fingerprint density at radius 1 is 1.13 bits per heavy atom. The van der Waals surface area contributed by atoms with Crippen molar-refractivity contribution in [3.05, 3.63) is 47.5 Å². The number of likely N-dealkylation sites (tertiary alicyclic amines) is 1. The molecule has 1 heterocycles. The molecule has 9 heteroatoms. The van der Waals surface area contributed by atoms with Crippen molar-refractivity contribution in [1.82, 2.24) is 4.90 Å². The Labute approximate surface area is 181 Å². The normalized spacial score (nSPS) is 14.1. The van der Waals surface area contributed by atoms with Gasteiger partial charge in [-0.05, 0) is 55.8 Å². The smallest absolute Gasteiger partial charge is 0.323 e. The van der Waals surface area contributed by atoms with Crippen LogP contribution in [-0.2, 0) is 0 Å². The van der Waals surface area contributed by atoms with Crippen molar-refractivity contribution in [3.63, 3.8) is 0 Å². The summed E-state index contributed by atoms with van der Waals surface area (Å²) in [5.74, 6) is 1.04. The highest BCUT2D eigenvalue weighted by atomic mass is 16.5. The second-order valence-electron chi connectivity index (χ2n) is 7.59. The van der Waals surface area contributed by atoms with E-state index in [2.05, 4.69) is 10.6 Å². The molecule has 0 atom stereocenters. The number of aromatic hydroxyl groups is 1. The van der Waals surface area contributed by atoms with E-state index in [9.17, 15) is 9.90 Å². The van der Waals surface area contributed by atoms with Gasteiger partial charge in [0, 0.05) is 37.2 Å². The monoisotopic (exact) mass is 424 g/mol. The van der Waals surface area contributed by atoms with E-state index in [1.54, 1.807) is 13.0 Å². The summed E-state index contributed by atoms with van der Waals surface area (Å²) in [6.07, 6.45) is 1.83. The lowest BCUT2D eigenvalue weighted by Crippen LogP contribution is -2.40. The van der Waals surface area contributed by atoms with Crippen molar-refractivity contribution < 1.29 is 14.6 Å². The predicted octanol–water partition coefficient (Wildman–Crippen LogP) is 3.47. The summed E-state index contributed by atoms with van der Waals surface area (Å²) in [4.78, 5) is 14.4. The van der Waals surface area contributed by atoms with Crippen molar-refractivity contribution >= 4 is 29.1 Å². The zero-order valence-electron chi connectivity index (χ0n) is 17.7. The highest BCUT2D eigenvalue weighted by molar-refractivity contribution is 6.03. The molecule has 1 aliphatic heterocycles. The van der Waals surface area contributed by atoms with Crippen LogP contribution in [-0.4, -0.2) is 46.9 Å². The number of phenols is 1. The number of nitrogens with two attached hydrogens (primary N) is 1. The first-order valence-electron chi connectivity index (χ1n) is 10.1. The molecule has 2 aromatic rings. The molecule has 0 aliphatic carbocycles. The summed E-state index contributed by atoms with van der Waals surface area (Å²) in [6.45, 7) is 5.30. The highest BCUT2D eigenvalue weighted by Crippen LogP contribution is 2.27. The first kappa shape index (κ1) is 21.9. The van der Waals surface area contributed by atoms with E-state index < -0.39 is 6.03 Å². The van der Waals surface area contributed by atoms with Gasteiger partial charge >= 0.3 is 6.03 Å². The minimum absolute atomic E-state index is 0.105. The summed E-state index contributed by atoms with van der Waals surface area (Å²) >= 11 is 0. The molecule has 0 radical (unpaired) electrons. The van der Waals surface area contributed by atoms with Crippen molar-refractivity contribution in [2.24, 2.45) is 5.73 Å². The van der Waals surface area contributed by atoms with E-state index in [4.69, 9.17) is 21.3 Å². The third-order valence-electron chi connectivity index (χ3n) is 5.22. The Balaban J connectivity index is 1.59. The molecule has 31 heavy (non-hydrogen) atoms. The van der Waals surface area contributed by atoms with Crippen LogP contribution in [0.3, 0.4) is 0 Å². The van der Waals surface area contributed by atoms with Crippen LogP contribution in [0.1, 0.15) is 30.9 Å². The third-order valence-corrected chi connectivity index (χ3v) is 5.22. The van der Waals surface area contributed by atoms with Crippen molar-refractivity contribution in [1.29, 1.82) is 10.8 Å². The molecule has 2 aromatic carbocycles. The Kier molecular flexibility index (Phi) is 6.64. The Morgan fingerprint density at radius 3 is 2.42 bits per heavy atom. The second-order valence-corrected chi connectivity index (χ2v) is 7.59. The van der Waals surface area contributed by atoms with E-state index in [-0.39, 0.29) is 23.4 Å². The van der Waals surface area contributed by atoms with Crippen LogP contribution in [0, 0.1) is 17.7 Å². The van der Waals surface area contributed by atoms with E-state index in [0.29, 0.717) is 17.1 Å². The Bertz CT molecular complexity index is 999. The summed E-state index contributed by atoms with van der Waals surface area (Å²) < 4.78 is 6.08. The van der Waals surface area contributed by atoms with Crippen LogP contribution in [0.2, 0.25) is 0 Å². The molecule has 1 fully saturated rings. The van der Waals surface area contributed by atoms with Gasteiger partial charge in [-0.1, -0.05) is 0 Å². The molecule has 164 valence electrons. The number of nitrogen functional groups attached to an aromatic ring is 1. The number of hydrogen-bond acceptors (Lipinski definition) is 5. The molecule has 1 aliphatic rings. The predicted molar refractivity (Wildman–Crippen MR) is 122 cm³/mol. The fourth-order valence-corrected chi connectivity index (χ4v) is 3.43. The Hall–Kier alpha value is -3.75. The maximum absolute atomic E-state index is 12.4. The molecule has 1 saturated heterocycles. The number of phenolic OH excluding ortho intramolecular Hbond substituents is 1. The average molecular weight is 425 g/mol. The number of anilines is 2. The van der Waals surface area contributed by atoms with Gasteiger partial charge in [-0.2, -0.15) is 0 Å². The van der Waals surface area contributed by atoms with Gasteiger partial charge in [0.2, 0.25) is 0 Å². The molecule has 0 saturated carbocycles. The van der Waals surface area contributed by atoms with Gasteiger partial charge in [-0.25, -0.2) is 4.79 Å². The lowest BCUT2D eigenvalue weighted by molar-refractivity contribution is 0.130. The number of aryl methyl sites for hydroxylation is 1. The van der Waals surface area contributed by atoms with Gasteiger partial charge in [-0.15, -0.1) is 0 Å². The first-order chi connectivity index (χ1) is 14.7. The van der Waals surface area contributed by atoms with Crippen LogP contribution in [0.25, 0.3) is 0 Å². The Morgan fingerprint density at radius 2 is 1.81 bits per heavy atom. The van der Waals surface area contributed by atoms with Crippen molar-refractivity contribution in [2.75, 3.05) is 23.7 Å². The van der Waals surface area contributed by atoms with E-state index in [0.717, 1.165) is 37.2 Å². The number of amidine groups is 2. The van der Waals surface area contributed by atoms with Crippen LogP contribution < -0.4 is 21.1 Å². The maximum atomic E-state index is 12.4. The minimum atomic E-state index is -0.526. The lowest BCUT2D eigenvalue weighted by Gasteiger charge is -2.32. The summed E-state index contributed by atoms with van der Waals surface area (Å²) in [6, 6.07) is 9.24. The molecular formula is C22H28N6O3. The number of piperidine rings is 1. The number of amides is 2. The molecule has 0 unspecified atom stereocenters. The van der Waals surface area contributed by atoms with Crippen molar-refractivity contribution in [2.45, 2.75) is 32.8 Å². The molecule has 9 nitrogen and oxygen atoms in total.